The maximum atomic E-state index is 12.2. The van der Waals surface area contributed by atoms with Gasteiger partial charge >= 0.3 is 0 Å². The smallest absolute Gasteiger partial charge is 0.253 e. The van der Waals surface area contributed by atoms with E-state index in [1.54, 1.807) is 39.3 Å². The van der Waals surface area contributed by atoms with Crippen LogP contribution >= 0.6 is 0 Å². The summed E-state index contributed by atoms with van der Waals surface area (Å²) < 4.78 is 5.76. The molecule has 0 aliphatic carbocycles. The Morgan fingerprint density at radius 3 is 2.71 bits per heavy atom. The molecule has 0 bridgehead atoms. The summed E-state index contributed by atoms with van der Waals surface area (Å²) in [5.41, 5.74) is 1.40. The van der Waals surface area contributed by atoms with Crippen molar-refractivity contribution in [2.24, 2.45) is 0 Å². The summed E-state index contributed by atoms with van der Waals surface area (Å²) in [6.07, 6.45) is 5.55. The number of hydrogen-bond acceptors (Lipinski definition) is 4. The number of rotatable bonds is 4. The van der Waals surface area contributed by atoms with E-state index in [2.05, 4.69) is 5.92 Å². The molecule has 0 fully saturated rings. The summed E-state index contributed by atoms with van der Waals surface area (Å²) in [6.45, 7) is 0.703. The van der Waals surface area contributed by atoms with Crippen molar-refractivity contribution >= 4 is 17.5 Å². The Hall–Kier alpha value is -2.68. The molecule has 0 radical (unpaired) electrons. The molecule has 1 atom stereocenters. The van der Waals surface area contributed by atoms with Crippen molar-refractivity contribution in [2.45, 2.75) is 12.5 Å². The van der Waals surface area contributed by atoms with Crippen molar-refractivity contribution in [3.05, 3.63) is 23.8 Å². The zero-order valence-electron chi connectivity index (χ0n) is 14.6. The first-order valence-corrected chi connectivity index (χ1v) is 7.74. The Morgan fingerprint density at radius 1 is 1.38 bits per heavy atom. The molecule has 0 saturated heterocycles. The third-order valence-electron chi connectivity index (χ3n) is 4.14. The summed E-state index contributed by atoms with van der Waals surface area (Å²) >= 11 is 0. The number of likely N-dealkylation sites (N-methyl/N-ethyl adjacent to an activating group) is 1. The van der Waals surface area contributed by atoms with E-state index in [0.29, 0.717) is 24.3 Å². The highest BCUT2D eigenvalue weighted by Crippen LogP contribution is 2.34. The van der Waals surface area contributed by atoms with Crippen molar-refractivity contribution in [2.75, 3.05) is 46.2 Å². The molecule has 1 aliphatic heterocycles. The van der Waals surface area contributed by atoms with E-state index in [0.717, 1.165) is 5.69 Å². The molecule has 1 aliphatic rings. The van der Waals surface area contributed by atoms with Crippen LogP contribution in [-0.2, 0) is 4.79 Å². The number of fused-ring (bicyclic) bond motifs is 1. The fourth-order valence-corrected chi connectivity index (χ4v) is 2.58. The average Bonchev–Trinajstić information content (AvgIpc) is 2.56. The molecule has 0 N–H and O–H groups in total. The molecule has 0 unspecified atom stereocenters. The standard InChI is InChI=1S/C18H23N3O3/c1-6-9-20(4)17(22)11-14-12-24-16-8-7-13(18(23)19(2)3)10-15(16)21(14)5/h1,7-8,10,14H,9,11-12H2,2-5H3/t14-/m1/s1. The minimum absolute atomic E-state index is 0.0302. The van der Waals surface area contributed by atoms with Gasteiger partial charge in [0.05, 0.1) is 24.7 Å². The van der Waals surface area contributed by atoms with Crippen LogP contribution in [0.4, 0.5) is 5.69 Å². The van der Waals surface area contributed by atoms with E-state index in [1.807, 2.05) is 11.9 Å². The molecule has 128 valence electrons. The Bertz CT molecular complexity index is 679. The molecular weight excluding hydrogens is 306 g/mol. The van der Waals surface area contributed by atoms with Gasteiger partial charge in [-0.05, 0) is 18.2 Å². The largest absolute Gasteiger partial charge is 0.489 e. The Kier molecular flexibility index (Phi) is 5.35. The first-order valence-electron chi connectivity index (χ1n) is 7.74. The molecule has 1 aromatic carbocycles. The van der Waals surface area contributed by atoms with Gasteiger partial charge in [-0.15, -0.1) is 6.42 Å². The number of anilines is 1. The lowest BCUT2D eigenvalue weighted by Crippen LogP contribution is -2.44. The SMILES string of the molecule is C#CCN(C)C(=O)C[C@@H]1COc2ccc(C(=O)N(C)C)cc2N1C. The van der Waals surface area contributed by atoms with E-state index in [-0.39, 0.29) is 24.4 Å². The van der Waals surface area contributed by atoms with Crippen LogP contribution < -0.4 is 9.64 Å². The maximum Gasteiger partial charge on any atom is 0.253 e. The molecule has 6 nitrogen and oxygen atoms in total. The summed E-state index contributed by atoms with van der Waals surface area (Å²) in [5.74, 6) is 3.08. The van der Waals surface area contributed by atoms with Crippen LogP contribution in [-0.4, -0.2) is 69.0 Å². The number of carbonyl (C=O) groups excluding carboxylic acids is 2. The van der Waals surface area contributed by atoms with Crippen LogP contribution in [0.5, 0.6) is 5.75 Å². The number of nitrogens with zero attached hydrogens (tertiary/aromatic N) is 3. The van der Waals surface area contributed by atoms with Crippen LogP contribution in [0.2, 0.25) is 0 Å². The first kappa shape index (κ1) is 17.7. The summed E-state index contributed by atoms with van der Waals surface area (Å²) in [4.78, 5) is 29.4. The van der Waals surface area contributed by atoms with E-state index < -0.39 is 0 Å². The number of terminal acetylenes is 1. The van der Waals surface area contributed by atoms with Gasteiger partial charge in [0, 0.05) is 33.8 Å². The second-order valence-electron chi connectivity index (χ2n) is 6.12. The highest BCUT2D eigenvalue weighted by molar-refractivity contribution is 5.95. The maximum absolute atomic E-state index is 12.2. The number of carbonyl (C=O) groups is 2. The predicted octanol–water partition coefficient (Wildman–Crippen LogP) is 1.07. The van der Waals surface area contributed by atoms with Gasteiger partial charge in [-0.1, -0.05) is 5.92 Å². The van der Waals surface area contributed by atoms with Crippen LogP contribution in [0.25, 0.3) is 0 Å². The van der Waals surface area contributed by atoms with Gasteiger partial charge in [-0.2, -0.15) is 0 Å². The van der Waals surface area contributed by atoms with Crippen LogP contribution in [0.1, 0.15) is 16.8 Å². The molecule has 2 amide bonds. The fraction of sp³-hybridized carbons (Fsp3) is 0.444. The Balaban J connectivity index is 2.18. The highest BCUT2D eigenvalue weighted by Gasteiger charge is 2.28. The topological polar surface area (TPSA) is 53.1 Å². The third kappa shape index (κ3) is 3.62. The number of ether oxygens (including phenoxy) is 1. The molecule has 0 aromatic heterocycles. The second-order valence-corrected chi connectivity index (χ2v) is 6.12. The van der Waals surface area contributed by atoms with E-state index in [4.69, 9.17) is 11.2 Å². The van der Waals surface area contributed by atoms with Gasteiger partial charge in [0.1, 0.15) is 12.4 Å². The number of benzene rings is 1. The van der Waals surface area contributed by atoms with E-state index >= 15 is 0 Å². The zero-order chi connectivity index (χ0) is 17.9. The molecule has 2 rings (SSSR count). The lowest BCUT2D eigenvalue weighted by atomic mass is 10.1. The van der Waals surface area contributed by atoms with Crippen LogP contribution in [0.3, 0.4) is 0 Å². The lowest BCUT2D eigenvalue weighted by Gasteiger charge is -2.36. The fourth-order valence-electron chi connectivity index (χ4n) is 2.58. The van der Waals surface area contributed by atoms with Gasteiger partial charge in [0.25, 0.3) is 5.91 Å². The van der Waals surface area contributed by atoms with Crippen molar-refractivity contribution in [1.29, 1.82) is 0 Å². The molecule has 1 heterocycles. The van der Waals surface area contributed by atoms with Crippen LogP contribution in [0.15, 0.2) is 18.2 Å². The first-order chi connectivity index (χ1) is 11.3. The Labute approximate surface area is 143 Å². The van der Waals surface area contributed by atoms with Gasteiger partial charge in [0.2, 0.25) is 5.91 Å². The third-order valence-corrected chi connectivity index (χ3v) is 4.14. The Morgan fingerprint density at radius 2 is 2.08 bits per heavy atom. The summed E-state index contributed by atoms with van der Waals surface area (Å²) in [5, 5.41) is 0. The van der Waals surface area contributed by atoms with E-state index in [9.17, 15) is 9.59 Å². The molecule has 24 heavy (non-hydrogen) atoms. The minimum Gasteiger partial charge on any atom is -0.489 e. The van der Waals surface area contributed by atoms with Crippen molar-refractivity contribution in [1.82, 2.24) is 9.80 Å². The van der Waals surface area contributed by atoms with Gasteiger partial charge in [0.15, 0.2) is 0 Å². The zero-order valence-corrected chi connectivity index (χ0v) is 14.6. The van der Waals surface area contributed by atoms with Crippen molar-refractivity contribution < 1.29 is 14.3 Å². The minimum atomic E-state index is -0.102. The van der Waals surface area contributed by atoms with Crippen LogP contribution in [0, 0.1) is 12.3 Å². The predicted molar refractivity (Wildman–Crippen MR) is 93.2 cm³/mol. The monoisotopic (exact) mass is 329 g/mol. The normalized spacial score (nSPS) is 15.8. The molecule has 0 spiro atoms. The van der Waals surface area contributed by atoms with Gasteiger partial charge in [-0.25, -0.2) is 0 Å². The van der Waals surface area contributed by atoms with Gasteiger partial charge in [-0.3, -0.25) is 9.59 Å². The summed E-state index contributed by atoms with van der Waals surface area (Å²) in [6, 6.07) is 5.25. The summed E-state index contributed by atoms with van der Waals surface area (Å²) in [7, 11) is 7.02. The molecule has 1 aromatic rings. The van der Waals surface area contributed by atoms with Gasteiger partial charge < -0.3 is 19.4 Å². The van der Waals surface area contributed by atoms with Crippen molar-refractivity contribution in [3.63, 3.8) is 0 Å². The number of amides is 2. The molecular formula is C18H23N3O3. The lowest BCUT2D eigenvalue weighted by molar-refractivity contribution is -0.129. The quantitative estimate of drug-likeness (QED) is 0.776. The van der Waals surface area contributed by atoms with E-state index in [1.165, 1.54) is 9.80 Å². The molecule has 0 saturated carbocycles. The molecule has 6 heteroatoms. The van der Waals surface area contributed by atoms with Crippen molar-refractivity contribution in [3.8, 4) is 18.1 Å². The average molecular weight is 329 g/mol. The second kappa shape index (κ2) is 7.26. The highest BCUT2D eigenvalue weighted by atomic mass is 16.5. The number of hydrogen-bond donors (Lipinski definition) is 0.